The molecule has 0 radical (unpaired) electrons. The van der Waals surface area contributed by atoms with Crippen molar-refractivity contribution in [2.75, 3.05) is 11.5 Å². The Morgan fingerprint density at radius 3 is 2.15 bits per heavy atom. The summed E-state index contributed by atoms with van der Waals surface area (Å²) in [6.07, 6.45) is 4.58. The normalized spacial score (nSPS) is 21.1. The molecule has 2 fully saturated rings. The van der Waals surface area contributed by atoms with E-state index in [1.165, 1.54) is 11.0 Å². The Morgan fingerprint density at radius 1 is 0.898 bits per heavy atom. The zero-order valence-corrected chi connectivity index (χ0v) is 35.3. The van der Waals surface area contributed by atoms with Crippen LogP contribution in [0.4, 0.5) is 5.69 Å². The van der Waals surface area contributed by atoms with E-state index in [0.717, 1.165) is 38.4 Å². The molecular weight excluding hydrogens is 775 g/mol. The molecule has 4 atom stereocenters. The van der Waals surface area contributed by atoms with Crippen molar-refractivity contribution < 1.29 is 28.8 Å². The first-order valence-corrected chi connectivity index (χ1v) is 22.6. The van der Waals surface area contributed by atoms with Gasteiger partial charge in [0.1, 0.15) is 5.75 Å². The number of allylic oxidation sites excluding steroid dienone is 1. The second-order valence-electron chi connectivity index (χ2n) is 16.7. The molecule has 59 heavy (non-hydrogen) atoms. The van der Waals surface area contributed by atoms with Crippen LogP contribution in [0.2, 0.25) is 16.4 Å². The van der Waals surface area contributed by atoms with Gasteiger partial charge < -0.3 is 19.2 Å². The molecule has 5 aromatic rings. The van der Waals surface area contributed by atoms with Crippen molar-refractivity contribution in [3.05, 3.63) is 161 Å². The van der Waals surface area contributed by atoms with Crippen molar-refractivity contribution in [1.29, 1.82) is 0 Å². The second kappa shape index (κ2) is 16.9. The summed E-state index contributed by atoms with van der Waals surface area (Å²) in [6.45, 7) is 6.95. The highest BCUT2D eigenvalue weighted by molar-refractivity contribution is 6.99. The molecule has 0 unspecified atom stereocenters. The Bertz CT molecular complexity index is 2340. The van der Waals surface area contributed by atoms with Crippen LogP contribution in [0, 0.1) is 17.8 Å². The first-order valence-electron chi connectivity index (χ1n) is 20.3. The monoisotopic (exact) mass is 822 g/mol. The first-order chi connectivity index (χ1) is 28.5. The number of carbonyl (C=O) groups is 2. The molecule has 0 spiro atoms. The van der Waals surface area contributed by atoms with Crippen molar-refractivity contribution in [1.82, 2.24) is 4.98 Å². The molecule has 3 heterocycles. The Hall–Kier alpha value is -5.10. The number of nitrogens with zero attached hydrogens (tertiary/aromatic N) is 2. The van der Waals surface area contributed by atoms with Crippen LogP contribution in [0.3, 0.4) is 0 Å². The molecule has 2 amide bonds. The van der Waals surface area contributed by atoms with Gasteiger partial charge in [-0.05, 0) is 118 Å². The number of aromatic nitrogens is 1. The summed E-state index contributed by atoms with van der Waals surface area (Å²) in [4.78, 5) is 35.0. The van der Waals surface area contributed by atoms with Crippen LogP contribution in [0.25, 0.3) is 11.6 Å². The molecule has 11 heteroatoms. The van der Waals surface area contributed by atoms with Crippen LogP contribution in [0.5, 0.6) is 5.75 Å². The standard InChI is InChI=1S/C48H48BClN2O6Si/c1-48(2,3)59(37-17-9-5-10-18-37,38-19-11-6-12-20-38)57-31-34-28-39-45(47(55)52(46(39)54)35-15-7-4-8-16-35)40-30-49(56)58-43(44(34)40)25-23-33(42-21-13-14-26-51-42)27-32-22-24-36(53)29-41(32)50/h4-22,24,26-27,29,39-40,43,45,53,56H,23,25,28,30-31H2,1-3H3/b33-27-/t39-,40+,43-,45-/m1/s1. The summed E-state index contributed by atoms with van der Waals surface area (Å²) in [5.74, 6) is -2.11. The maximum absolute atomic E-state index is 14.5. The highest BCUT2D eigenvalue weighted by Crippen LogP contribution is 2.52. The lowest BCUT2D eigenvalue weighted by Gasteiger charge is -2.46. The van der Waals surface area contributed by atoms with Crippen molar-refractivity contribution in [3.63, 3.8) is 0 Å². The maximum atomic E-state index is 14.5. The van der Waals surface area contributed by atoms with Gasteiger partial charge in [-0.2, -0.15) is 0 Å². The van der Waals surface area contributed by atoms with Crippen LogP contribution in [-0.4, -0.2) is 55.1 Å². The third kappa shape index (κ3) is 7.88. The van der Waals surface area contributed by atoms with Crippen LogP contribution < -0.4 is 15.3 Å². The number of halogens is 1. The SMILES string of the molecule is CC(C)(C)[Si](OCC1=C2[C@@H](CC/C(=C/c3ccc(O)cc3Cl)c3ccccn3)OB(O)C[C@@H]2[C@@H]2C(=O)N(c3ccccc3)C(=O)[C@@H]2C1)(c1ccccc1)c1ccccc1. The average molecular weight is 823 g/mol. The van der Waals surface area contributed by atoms with Gasteiger partial charge in [0.2, 0.25) is 11.8 Å². The minimum atomic E-state index is -3.02. The number of fused-ring (bicyclic) bond motifs is 3. The topological polar surface area (TPSA) is 109 Å². The molecule has 3 aliphatic rings. The number of imide groups is 1. The minimum Gasteiger partial charge on any atom is -0.508 e. The molecule has 300 valence electrons. The number of amides is 2. The smallest absolute Gasteiger partial charge is 0.455 e. The predicted octanol–water partition coefficient (Wildman–Crippen LogP) is 8.34. The summed E-state index contributed by atoms with van der Waals surface area (Å²) in [6, 6.07) is 40.6. The Balaban J connectivity index is 1.23. The van der Waals surface area contributed by atoms with Crippen LogP contribution in [0.1, 0.15) is 51.3 Å². The van der Waals surface area contributed by atoms with E-state index in [1.54, 1.807) is 30.5 Å². The van der Waals surface area contributed by atoms with Crippen molar-refractivity contribution >= 4 is 66.6 Å². The largest absolute Gasteiger partial charge is 0.508 e. The zero-order chi connectivity index (χ0) is 41.3. The number of hydrogen-bond donors (Lipinski definition) is 2. The van der Waals surface area contributed by atoms with E-state index in [2.05, 4.69) is 74.3 Å². The minimum absolute atomic E-state index is 0.0725. The number of anilines is 1. The molecule has 1 aliphatic carbocycles. The molecular formula is C48H48BClN2O6Si. The number of phenolic OH excluding ortho intramolecular Hbond substituents is 1. The van der Waals surface area contributed by atoms with Gasteiger partial charge in [0.25, 0.3) is 8.32 Å². The Labute approximate surface area is 352 Å². The summed E-state index contributed by atoms with van der Waals surface area (Å²) < 4.78 is 14.0. The van der Waals surface area contributed by atoms with Gasteiger partial charge in [-0.25, -0.2) is 0 Å². The fourth-order valence-corrected chi connectivity index (χ4v) is 14.4. The molecule has 0 saturated carbocycles. The van der Waals surface area contributed by atoms with Gasteiger partial charge in [-0.15, -0.1) is 0 Å². The number of hydrogen-bond acceptors (Lipinski definition) is 7. The molecule has 0 bridgehead atoms. The number of carbonyl (C=O) groups excluding carboxylic acids is 2. The number of phenols is 1. The number of benzene rings is 4. The van der Waals surface area contributed by atoms with Crippen LogP contribution >= 0.6 is 11.6 Å². The van der Waals surface area contributed by atoms with Gasteiger partial charge in [0.15, 0.2) is 0 Å². The highest BCUT2D eigenvalue weighted by atomic mass is 35.5. The lowest BCUT2D eigenvalue weighted by Crippen LogP contribution is -2.66. The summed E-state index contributed by atoms with van der Waals surface area (Å²) in [5, 5.41) is 23.9. The van der Waals surface area contributed by atoms with Crippen molar-refractivity contribution in [2.45, 2.75) is 57.5 Å². The molecule has 2 N–H and O–H groups in total. The van der Waals surface area contributed by atoms with Crippen LogP contribution in [-0.2, 0) is 18.7 Å². The number of rotatable bonds is 11. The van der Waals surface area contributed by atoms with Crippen molar-refractivity contribution in [2.24, 2.45) is 17.8 Å². The third-order valence-electron chi connectivity index (χ3n) is 12.2. The molecule has 1 aromatic heterocycles. The van der Waals surface area contributed by atoms with E-state index in [0.29, 0.717) is 30.0 Å². The van der Waals surface area contributed by atoms with Crippen LogP contribution in [0.15, 0.2) is 145 Å². The van der Waals surface area contributed by atoms with E-state index in [1.807, 2.05) is 54.6 Å². The number of pyridine rings is 1. The maximum Gasteiger partial charge on any atom is 0.455 e. The Morgan fingerprint density at radius 2 is 1.54 bits per heavy atom. The second-order valence-corrected chi connectivity index (χ2v) is 21.5. The van der Waals surface area contributed by atoms with E-state index >= 15 is 0 Å². The quantitative estimate of drug-likeness (QED) is 0.0784. The third-order valence-corrected chi connectivity index (χ3v) is 17.5. The Kier molecular flexibility index (Phi) is 11.6. The van der Waals surface area contributed by atoms with Gasteiger partial charge in [0.05, 0.1) is 41.0 Å². The molecule has 4 aromatic carbocycles. The van der Waals surface area contributed by atoms with Crippen molar-refractivity contribution in [3.8, 4) is 5.75 Å². The van der Waals surface area contributed by atoms with E-state index in [-0.39, 0.29) is 35.5 Å². The van der Waals surface area contributed by atoms with E-state index in [9.17, 15) is 19.7 Å². The summed E-state index contributed by atoms with van der Waals surface area (Å²) >= 11 is 6.60. The lowest BCUT2D eigenvalue weighted by atomic mass is 9.58. The van der Waals surface area contributed by atoms with Gasteiger partial charge in [-0.3, -0.25) is 19.5 Å². The van der Waals surface area contributed by atoms with E-state index < -0.39 is 39.3 Å². The fourth-order valence-electron chi connectivity index (χ4n) is 9.62. The summed E-state index contributed by atoms with van der Waals surface area (Å²) in [5.41, 5.74) is 4.80. The molecule has 8 rings (SSSR count). The summed E-state index contributed by atoms with van der Waals surface area (Å²) in [7, 11) is -4.17. The molecule has 8 nitrogen and oxygen atoms in total. The first kappa shape index (κ1) is 40.7. The number of para-hydroxylation sites is 1. The predicted molar refractivity (Wildman–Crippen MR) is 237 cm³/mol. The van der Waals surface area contributed by atoms with Gasteiger partial charge in [-0.1, -0.05) is 117 Å². The fraction of sp³-hybridized carbons (Fsp3) is 0.271. The van der Waals surface area contributed by atoms with Gasteiger partial charge in [0, 0.05) is 6.20 Å². The average Bonchev–Trinajstić information content (AvgIpc) is 3.49. The lowest BCUT2D eigenvalue weighted by molar-refractivity contribution is -0.122. The van der Waals surface area contributed by atoms with E-state index in [4.69, 9.17) is 20.7 Å². The molecule has 2 aliphatic heterocycles. The zero-order valence-electron chi connectivity index (χ0n) is 33.5. The molecule has 2 saturated heterocycles. The highest BCUT2D eigenvalue weighted by Gasteiger charge is 2.58. The number of aromatic hydroxyl groups is 1. The van der Waals surface area contributed by atoms with Gasteiger partial charge >= 0.3 is 7.12 Å².